The normalized spacial score (nSPS) is 12.5. The van der Waals surface area contributed by atoms with Crippen molar-refractivity contribution in [3.8, 4) is 0 Å². The summed E-state index contributed by atoms with van der Waals surface area (Å²) < 4.78 is 0. The quantitative estimate of drug-likeness (QED) is 0.367. The first-order valence-corrected chi connectivity index (χ1v) is 4.87. The van der Waals surface area contributed by atoms with Crippen LogP contribution >= 0.6 is 0 Å². The summed E-state index contributed by atoms with van der Waals surface area (Å²) in [6.07, 6.45) is 3.58. The van der Waals surface area contributed by atoms with Gasteiger partial charge >= 0.3 is 0 Å². The Hall–Kier alpha value is -0.850. The number of aldehydes is 1. The number of carbonyl (C=O) groups is 1. The first kappa shape index (κ1) is 14.7. The number of allylic oxidation sites excluding steroid dienone is 3. The van der Waals surface area contributed by atoms with E-state index in [-0.39, 0.29) is 0 Å². The number of rotatable bonds is 4. The van der Waals surface area contributed by atoms with E-state index in [2.05, 4.69) is 13.5 Å². The Morgan fingerprint density at radius 1 is 1.46 bits per heavy atom. The molecule has 0 aliphatic heterocycles. The first-order valence-electron chi connectivity index (χ1n) is 4.87. The Labute approximate surface area is 82.5 Å². The Morgan fingerprint density at radius 3 is 2.15 bits per heavy atom. The van der Waals surface area contributed by atoms with Crippen molar-refractivity contribution in [2.24, 2.45) is 5.92 Å². The van der Waals surface area contributed by atoms with Crippen LogP contribution in [0.3, 0.4) is 0 Å². The summed E-state index contributed by atoms with van der Waals surface area (Å²) in [5, 5.41) is 0. The van der Waals surface area contributed by atoms with Gasteiger partial charge < -0.3 is 0 Å². The minimum Gasteiger partial charge on any atom is -0.298 e. The van der Waals surface area contributed by atoms with Crippen LogP contribution in [0.1, 0.15) is 41.0 Å². The molecule has 0 spiro atoms. The highest BCUT2D eigenvalue weighted by Crippen LogP contribution is 2.16. The number of hydrogen-bond acceptors (Lipinski definition) is 1. The molecule has 1 unspecified atom stereocenters. The Kier molecular flexibility index (Phi) is 10.4. The lowest BCUT2D eigenvalue weighted by Gasteiger charge is -2.09. The van der Waals surface area contributed by atoms with Gasteiger partial charge in [0.1, 0.15) is 6.29 Å². The smallest absolute Gasteiger partial charge is 0.145 e. The Balaban J connectivity index is 0. The largest absolute Gasteiger partial charge is 0.298 e. The van der Waals surface area contributed by atoms with E-state index in [1.54, 1.807) is 0 Å². The van der Waals surface area contributed by atoms with E-state index < -0.39 is 0 Å². The van der Waals surface area contributed by atoms with E-state index in [4.69, 9.17) is 0 Å². The predicted octanol–water partition coefficient (Wildman–Crippen LogP) is 3.76. The molecule has 1 atom stereocenters. The summed E-state index contributed by atoms with van der Waals surface area (Å²) in [5.41, 5.74) is 1.99. The van der Waals surface area contributed by atoms with Gasteiger partial charge in [0.2, 0.25) is 0 Å². The molecule has 0 aliphatic rings. The second kappa shape index (κ2) is 9.24. The summed E-state index contributed by atoms with van der Waals surface area (Å²) in [6.45, 7) is 13.8. The van der Waals surface area contributed by atoms with Crippen LogP contribution in [0.25, 0.3) is 0 Å². The van der Waals surface area contributed by atoms with Gasteiger partial charge in [-0.05, 0) is 31.8 Å². The van der Waals surface area contributed by atoms with Crippen LogP contribution in [0.15, 0.2) is 23.8 Å². The van der Waals surface area contributed by atoms with Crippen molar-refractivity contribution in [2.75, 3.05) is 0 Å². The molecule has 0 fully saturated rings. The Bertz CT molecular complexity index is 178. The maximum atomic E-state index is 10.4. The van der Waals surface area contributed by atoms with Gasteiger partial charge in [-0.1, -0.05) is 39.0 Å². The molecular formula is C12H22O. The van der Waals surface area contributed by atoms with E-state index in [9.17, 15) is 4.79 Å². The second-order valence-corrected chi connectivity index (χ2v) is 2.93. The first-order chi connectivity index (χ1) is 6.11. The molecule has 76 valence electrons. The average molecular weight is 182 g/mol. The molecule has 0 heterocycles. The van der Waals surface area contributed by atoms with Gasteiger partial charge in [0, 0.05) is 0 Å². The Morgan fingerprint density at radius 2 is 1.92 bits per heavy atom. The van der Waals surface area contributed by atoms with Crippen molar-refractivity contribution >= 4 is 6.29 Å². The lowest BCUT2D eigenvalue weighted by atomic mass is 9.96. The maximum Gasteiger partial charge on any atom is 0.145 e. The molecule has 0 aromatic carbocycles. The zero-order valence-corrected chi connectivity index (χ0v) is 9.55. The van der Waals surface area contributed by atoms with Gasteiger partial charge in [0.05, 0.1) is 0 Å². The monoisotopic (exact) mass is 182 g/mol. The fourth-order valence-corrected chi connectivity index (χ4v) is 0.762. The van der Waals surface area contributed by atoms with Crippen molar-refractivity contribution in [1.82, 2.24) is 0 Å². The van der Waals surface area contributed by atoms with Gasteiger partial charge in [-0.15, -0.1) is 0 Å². The molecule has 1 heteroatoms. The van der Waals surface area contributed by atoms with E-state index in [1.807, 2.05) is 33.8 Å². The van der Waals surface area contributed by atoms with E-state index in [1.165, 1.54) is 0 Å². The van der Waals surface area contributed by atoms with E-state index in [0.717, 1.165) is 23.9 Å². The summed E-state index contributed by atoms with van der Waals surface area (Å²) in [6, 6.07) is 0. The van der Waals surface area contributed by atoms with Crippen LogP contribution in [0.4, 0.5) is 0 Å². The third-order valence-electron chi connectivity index (χ3n) is 1.91. The minimum absolute atomic E-state index is 0.409. The van der Waals surface area contributed by atoms with Gasteiger partial charge in [-0.2, -0.15) is 0 Å². The van der Waals surface area contributed by atoms with Crippen LogP contribution in [-0.4, -0.2) is 6.29 Å². The highest BCUT2D eigenvalue weighted by atomic mass is 16.1. The van der Waals surface area contributed by atoms with Gasteiger partial charge in [0.15, 0.2) is 0 Å². The van der Waals surface area contributed by atoms with Crippen LogP contribution < -0.4 is 0 Å². The third kappa shape index (κ3) is 7.51. The highest BCUT2D eigenvalue weighted by molar-refractivity contribution is 5.72. The average Bonchev–Trinajstić information content (AvgIpc) is 2.16. The van der Waals surface area contributed by atoms with Crippen LogP contribution in [-0.2, 0) is 4.79 Å². The minimum atomic E-state index is 0.409. The van der Waals surface area contributed by atoms with Crippen molar-refractivity contribution in [1.29, 1.82) is 0 Å². The zero-order valence-electron chi connectivity index (χ0n) is 9.55. The summed E-state index contributed by atoms with van der Waals surface area (Å²) in [4.78, 5) is 10.4. The molecule has 0 N–H and O–H groups in total. The molecule has 0 saturated carbocycles. The summed E-state index contributed by atoms with van der Waals surface area (Å²) >= 11 is 0. The molecule has 0 bridgehead atoms. The van der Waals surface area contributed by atoms with Crippen LogP contribution in [0, 0.1) is 5.92 Å². The molecule has 0 saturated heterocycles. The van der Waals surface area contributed by atoms with Gasteiger partial charge in [-0.3, -0.25) is 4.79 Å². The van der Waals surface area contributed by atoms with Gasteiger partial charge in [0.25, 0.3) is 0 Å². The molecule has 1 nitrogen and oxygen atoms in total. The maximum absolute atomic E-state index is 10.4. The van der Waals surface area contributed by atoms with Crippen molar-refractivity contribution in [3.05, 3.63) is 23.8 Å². The molecule has 13 heavy (non-hydrogen) atoms. The van der Waals surface area contributed by atoms with Crippen LogP contribution in [0.2, 0.25) is 0 Å². The lowest BCUT2D eigenvalue weighted by molar-refractivity contribution is -0.105. The molecule has 0 aromatic heterocycles. The highest BCUT2D eigenvalue weighted by Gasteiger charge is 2.04. The fraction of sp³-hybridized carbons (Fsp3) is 0.583. The molecule has 0 amide bonds. The SMILES string of the molecule is C=C(C)C(C)C/C(C=O)=C\C.CC. The molecule has 0 radical (unpaired) electrons. The predicted molar refractivity (Wildman–Crippen MR) is 59.8 cm³/mol. The van der Waals surface area contributed by atoms with E-state index in [0.29, 0.717) is 5.92 Å². The topological polar surface area (TPSA) is 17.1 Å². The summed E-state index contributed by atoms with van der Waals surface area (Å²) in [5.74, 6) is 0.409. The molecule has 0 aromatic rings. The fourth-order valence-electron chi connectivity index (χ4n) is 0.762. The summed E-state index contributed by atoms with van der Waals surface area (Å²) in [7, 11) is 0. The van der Waals surface area contributed by atoms with E-state index >= 15 is 0 Å². The van der Waals surface area contributed by atoms with Crippen molar-refractivity contribution in [2.45, 2.75) is 41.0 Å². The standard InChI is InChI=1S/C10H16O.C2H6/c1-5-10(7-11)6-9(4)8(2)3;1-2/h5,7,9H,2,6H2,1,3-4H3;1-2H3/b10-5+;. The lowest BCUT2D eigenvalue weighted by Crippen LogP contribution is -1.98. The third-order valence-corrected chi connectivity index (χ3v) is 1.91. The van der Waals surface area contributed by atoms with Crippen molar-refractivity contribution in [3.63, 3.8) is 0 Å². The number of carbonyl (C=O) groups excluding carboxylic acids is 1. The molecular weight excluding hydrogens is 160 g/mol. The number of hydrogen-bond donors (Lipinski definition) is 0. The zero-order chi connectivity index (χ0) is 10.9. The molecule has 0 aliphatic carbocycles. The second-order valence-electron chi connectivity index (χ2n) is 2.93. The molecule has 0 rings (SSSR count). The van der Waals surface area contributed by atoms with Crippen LogP contribution in [0.5, 0.6) is 0 Å². The van der Waals surface area contributed by atoms with Crippen molar-refractivity contribution < 1.29 is 4.79 Å². The van der Waals surface area contributed by atoms with Gasteiger partial charge in [-0.25, -0.2) is 0 Å².